The van der Waals surface area contributed by atoms with Crippen molar-refractivity contribution in [1.82, 2.24) is 14.8 Å². The largest absolute Gasteiger partial charge is 0.361 e. The molecule has 1 atom stereocenters. The number of fused-ring (bicyclic) bond motifs is 1. The molecule has 1 aliphatic rings. The second-order valence-corrected chi connectivity index (χ2v) is 7.76. The number of halogens is 3. The second-order valence-electron chi connectivity index (χ2n) is 7.76. The third-order valence-electron chi connectivity index (χ3n) is 5.30. The highest BCUT2D eigenvalue weighted by molar-refractivity contribution is 5.98. The summed E-state index contributed by atoms with van der Waals surface area (Å²) in [4.78, 5) is 14.3. The Bertz CT molecular complexity index is 1160. The highest BCUT2D eigenvalue weighted by Gasteiger charge is 2.26. The van der Waals surface area contributed by atoms with Crippen LogP contribution in [0.1, 0.15) is 49.4 Å². The van der Waals surface area contributed by atoms with E-state index in [1.54, 1.807) is 36.7 Å². The standard InChI is InChI=1S/C21H22F3N5O/c1-11(13-5-4-6-14(18(13)22)19(23)24)25-20-16-10-29(12-7-8-12)17(30)9-15(16)21(27-26-20)28(2)3/h4-6,9-12,19H,7-8H2,1-3H3,(H,25,26)/t11-/m1/s1. The fourth-order valence-corrected chi connectivity index (χ4v) is 3.56. The van der Waals surface area contributed by atoms with Gasteiger partial charge in [-0.25, -0.2) is 13.2 Å². The Labute approximate surface area is 171 Å². The summed E-state index contributed by atoms with van der Waals surface area (Å²) in [5.41, 5.74) is -0.645. The van der Waals surface area contributed by atoms with E-state index in [2.05, 4.69) is 15.5 Å². The molecule has 0 aliphatic heterocycles. The van der Waals surface area contributed by atoms with E-state index in [-0.39, 0.29) is 17.2 Å². The van der Waals surface area contributed by atoms with Gasteiger partial charge in [-0.3, -0.25) is 4.79 Å². The van der Waals surface area contributed by atoms with E-state index in [0.717, 1.165) is 18.9 Å². The zero-order chi connectivity index (χ0) is 21.6. The molecule has 0 spiro atoms. The molecule has 158 valence electrons. The lowest BCUT2D eigenvalue weighted by molar-refractivity contribution is 0.146. The monoisotopic (exact) mass is 417 g/mol. The molecule has 3 aromatic rings. The van der Waals surface area contributed by atoms with Crippen molar-refractivity contribution in [2.24, 2.45) is 0 Å². The average Bonchev–Trinajstić information content (AvgIpc) is 3.52. The van der Waals surface area contributed by atoms with Gasteiger partial charge in [0.2, 0.25) is 0 Å². The summed E-state index contributed by atoms with van der Waals surface area (Å²) in [5, 5.41) is 12.8. The van der Waals surface area contributed by atoms with Crippen LogP contribution in [0.4, 0.5) is 24.8 Å². The van der Waals surface area contributed by atoms with Crippen LogP contribution in [-0.2, 0) is 0 Å². The van der Waals surface area contributed by atoms with Gasteiger partial charge in [-0.05, 0) is 19.8 Å². The quantitative estimate of drug-likeness (QED) is 0.642. The number of pyridine rings is 1. The van der Waals surface area contributed by atoms with Gasteiger partial charge in [0.25, 0.3) is 12.0 Å². The molecule has 0 amide bonds. The number of hydrogen-bond acceptors (Lipinski definition) is 5. The number of rotatable bonds is 6. The SMILES string of the molecule is C[C@@H](Nc1nnc(N(C)C)c2cc(=O)n(C3CC3)cc12)c1cccc(C(F)F)c1F. The molecule has 2 heterocycles. The molecule has 6 nitrogen and oxygen atoms in total. The van der Waals surface area contributed by atoms with Gasteiger partial charge in [0.1, 0.15) is 5.82 Å². The molecule has 0 radical (unpaired) electrons. The van der Waals surface area contributed by atoms with Gasteiger partial charge in [0.15, 0.2) is 11.6 Å². The molecule has 1 N–H and O–H groups in total. The van der Waals surface area contributed by atoms with Crippen molar-refractivity contribution in [1.29, 1.82) is 0 Å². The highest BCUT2D eigenvalue weighted by Crippen LogP contribution is 2.36. The van der Waals surface area contributed by atoms with Gasteiger partial charge >= 0.3 is 0 Å². The van der Waals surface area contributed by atoms with E-state index in [9.17, 15) is 18.0 Å². The number of alkyl halides is 2. The summed E-state index contributed by atoms with van der Waals surface area (Å²) in [6.45, 7) is 1.66. The topological polar surface area (TPSA) is 63.1 Å². The van der Waals surface area contributed by atoms with Gasteiger partial charge in [0.05, 0.1) is 11.6 Å². The molecule has 0 unspecified atom stereocenters. The lowest BCUT2D eigenvalue weighted by Gasteiger charge is -2.20. The summed E-state index contributed by atoms with van der Waals surface area (Å²) >= 11 is 0. The summed E-state index contributed by atoms with van der Waals surface area (Å²) < 4.78 is 42.4. The van der Waals surface area contributed by atoms with E-state index in [0.29, 0.717) is 22.4 Å². The first-order valence-corrected chi connectivity index (χ1v) is 9.70. The lowest BCUT2D eigenvalue weighted by Crippen LogP contribution is -2.20. The van der Waals surface area contributed by atoms with E-state index in [4.69, 9.17) is 0 Å². The summed E-state index contributed by atoms with van der Waals surface area (Å²) in [6.07, 6.45) is 0.729. The van der Waals surface area contributed by atoms with Crippen LogP contribution in [-0.4, -0.2) is 28.9 Å². The molecular weight excluding hydrogens is 395 g/mol. The zero-order valence-corrected chi connectivity index (χ0v) is 16.9. The van der Waals surface area contributed by atoms with E-state index >= 15 is 0 Å². The second kappa shape index (κ2) is 7.62. The third kappa shape index (κ3) is 3.59. The van der Waals surface area contributed by atoms with E-state index in [1.165, 1.54) is 18.2 Å². The number of anilines is 2. The summed E-state index contributed by atoms with van der Waals surface area (Å²) in [7, 11) is 3.60. The van der Waals surface area contributed by atoms with Crippen molar-refractivity contribution >= 4 is 22.4 Å². The first-order valence-electron chi connectivity index (χ1n) is 9.70. The predicted molar refractivity (Wildman–Crippen MR) is 110 cm³/mol. The number of nitrogens with one attached hydrogen (secondary N) is 1. The van der Waals surface area contributed by atoms with Crippen LogP contribution in [0.25, 0.3) is 10.8 Å². The Morgan fingerprint density at radius 1 is 1.17 bits per heavy atom. The van der Waals surface area contributed by atoms with Crippen molar-refractivity contribution in [3.8, 4) is 0 Å². The van der Waals surface area contributed by atoms with Crippen molar-refractivity contribution in [2.45, 2.75) is 38.3 Å². The normalized spacial score (nSPS) is 14.9. The first kappa shape index (κ1) is 20.2. The Kier molecular flexibility index (Phi) is 5.13. The molecular formula is C21H22F3N5O. The molecule has 0 saturated heterocycles. The molecule has 9 heteroatoms. The molecule has 2 aromatic heterocycles. The van der Waals surface area contributed by atoms with Crippen LogP contribution in [0.3, 0.4) is 0 Å². The Morgan fingerprint density at radius 3 is 2.50 bits per heavy atom. The van der Waals surface area contributed by atoms with Gasteiger partial charge in [-0.2, -0.15) is 0 Å². The maximum Gasteiger partial charge on any atom is 0.266 e. The van der Waals surface area contributed by atoms with E-state index in [1.807, 2.05) is 0 Å². The minimum Gasteiger partial charge on any atom is -0.361 e. The molecule has 1 fully saturated rings. The van der Waals surface area contributed by atoms with Crippen LogP contribution in [0.15, 0.2) is 35.3 Å². The minimum absolute atomic E-state index is 0.106. The van der Waals surface area contributed by atoms with Gasteiger partial charge in [-0.15, -0.1) is 10.2 Å². The minimum atomic E-state index is -2.90. The van der Waals surface area contributed by atoms with Crippen LogP contribution in [0.5, 0.6) is 0 Å². The number of aromatic nitrogens is 3. The van der Waals surface area contributed by atoms with Gasteiger partial charge in [-0.1, -0.05) is 18.2 Å². The van der Waals surface area contributed by atoms with Crippen LogP contribution < -0.4 is 15.8 Å². The smallest absolute Gasteiger partial charge is 0.266 e. The van der Waals surface area contributed by atoms with E-state index < -0.39 is 23.8 Å². The average molecular weight is 417 g/mol. The van der Waals surface area contributed by atoms with Crippen molar-refractivity contribution < 1.29 is 13.2 Å². The lowest BCUT2D eigenvalue weighted by atomic mass is 10.0. The fourth-order valence-electron chi connectivity index (χ4n) is 3.56. The summed E-state index contributed by atoms with van der Waals surface area (Å²) in [6, 6.07) is 5.00. The Morgan fingerprint density at radius 2 is 1.87 bits per heavy atom. The maximum absolute atomic E-state index is 14.6. The summed E-state index contributed by atoms with van der Waals surface area (Å²) in [5.74, 6) is -0.0435. The maximum atomic E-state index is 14.6. The predicted octanol–water partition coefficient (Wildman–Crippen LogP) is 4.44. The van der Waals surface area contributed by atoms with Gasteiger partial charge < -0.3 is 14.8 Å². The van der Waals surface area contributed by atoms with Crippen molar-refractivity contribution in [2.75, 3.05) is 24.3 Å². The van der Waals surface area contributed by atoms with Crippen molar-refractivity contribution in [3.63, 3.8) is 0 Å². The number of hydrogen-bond donors (Lipinski definition) is 1. The third-order valence-corrected chi connectivity index (χ3v) is 5.30. The highest BCUT2D eigenvalue weighted by atomic mass is 19.3. The molecule has 1 aromatic carbocycles. The van der Waals surface area contributed by atoms with Crippen molar-refractivity contribution in [3.05, 3.63) is 57.8 Å². The molecule has 0 bridgehead atoms. The first-order chi connectivity index (χ1) is 14.3. The number of benzene rings is 1. The Balaban J connectivity index is 1.79. The molecule has 1 aliphatic carbocycles. The number of nitrogens with zero attached hydrogens (tertiary/aromatic N) is 4. The van der Waals surface area contributed by atoms with Crippen LogP contribution >= 0.6 is 0 Å². The molecule has 30 heavy (non-hydrogen) atoms. The fraction of sp³-hybridized carbons (Fsp3) is 0.381. The molecule has 1 saturated carbocycles. The van der Waals surface area contributed by atoms with Gasteiger partial charge in [0, 0.05) is 48.7 Å². The molecule has 4 rings (SSSR count). The zero-order valence-electron chi connectivity index (χ0n) is 16.9. The van der Waals surface area contributed by atoms with Crippen LogP contribution in [0.2, 0.25) is 0 Å². The Hall–Kier alpha value is -3.10. The van der Waals surface area contributed by atoms with Crippen LogP contribution in [0, 0.1) is 5.82 Å².